The number of benzene rings is 2. The standard InChI is InChI=1S/C27H19F3N8O2/c1-27(13-8-17(30)15(10-31)20(39)9-13)21-22(32)35-23(36-24(21)37-26(27)40)19-11-38-5-4-33-25(38)18(34-19)7-12-6-14(28)2-3-16(12)29/h2-6,8-11,31,39H,7H2,1H3,(H3,32,35,36,37,40). The van der Waals surface area contributed by atoms with Crippen LogP contribution in [-0.4, -0.2) is 41.6 Å². The minimum absolute atomic E-state index is 0.0329. The van der Waals surface area contributed by atoms with Crippen LogP contribution in [0, 0.1) is 22.9 Å². The molecule has 5 aromatic rings. The van der Waals surface area contributed by atoms with Gasteiger partial charge in [-0.05, 0) is 48.4 Å². The van der Waals surface area contributed by atoms with E-state index < -0.39 is 34.5 Å². The molecule has 3 aromatic heterocycles. The molecule has 4 heterocycles. The molecule has 0 saturated carbocycles. The third kappa shape index (κ3) is 3.73. The fourth-order valence-corrected chi connectivity index (χ4v) is 4.91. The van der Waals surface area contributed by atoms with Gasteiger partial charge >= 0.3 is 0 Å². The molecule has 1 amide bonds. The Hall–Kier alpha value is -5.33. The number of nitrogen functional groups attached to an aromatic ring is 1. The Bertz CT molecular complexity index is 1870. The molecule has 1 atom stereocenters. The number of nitrogens with zero attached hydrogens (tertiary/aromatic N) is 5. The van der Waals surface area contributed by atoms with Gasteiger partial charge in [0.1, 0.15) is 45.9 Å². The van der Waals surface area contributed by atoms with Crippen LogP contribution >= 0.6 is 0 Å². The minimum atomic E-state index is -1.56. The molecule has 1 aliphatic rings. The summed E-state index contributed by atoms with van der Waals surface area (Å²) in [5.74, 6) is -3.17. The number of fused-ring (bicyclic) bond motifs is 2. The zero-order chi connectivity index (χ0) is 28.3. The smallest absolute Gasteiger partial charge is 0.240 e. The van der Waals surface area contributed by atoms with E-state index in [-0.39, 0.29) is 51.8 Å². The summed E-state index contributed by atoms with van der Waals surface area (Å²) in [6.45, 7) is 1.49. The second kappa shape index (κ2) is 8.86. The molecular weight excluding hydrogens is 525 g/mol. The topological polar surface area (TPSA) is 155 Å². The molecule has 0 fully saturated rings. The predicted molar refractivity (Wildman–Crippen MR) is 139 cm³/mol. The summed E-state index contributed by atoms with van der Waals surface area (Å²) in [7, 11) is 0. The van der Waals surface area contributed by atoms with Gasteiger partial charge in [0, 0.05) is 31.2 Å². The first-order valence-corrected chi connectivity index (χ1v) is 11.9. The average molecular weight is 544 g/mol. The number of anilines is 2. The van der Waals surface area contributed by atoms with Gasteiger partial charge in [0.05, 0.1) is 16.8 Å². The van der Waals surface area contributed by atoms with Gasteiger partial charge < -0.3 is 26.0 Å². The van der Waals surface area contributed by atoms with Crippen LogP contribution < -0.4 is 11.1 Å². The third-order valence-corrected chi connectivity index (χ3v) is 6.99. The fourth-order valence-electron chi connectivity index (χ4n) is 4.91. The van der Waals surface area contributed by atoms with Gasteiger partial charge in [-0.1, -0.05) is 0 Å². The maximum Gasteiger partial charge on any atom is 0.240 e. The molecule has 13 heteroatoms. The highest BCUT2D eigenvalue weighted by Gasteiger charge is 2.48. The fraction of sp³-hybridized carbons (Fsp3) is 0.111. The van der Waals surface area contributed by atoms with E-state index in [4.69, 9.17) is 11.1 Å². The number of phenolic OH excluding ortho intramolecular Hbond substituents is 1. The van der Waals surface area contributed by atoms with Crippen molar-refractivity contribution >= 4 is 29.4 Å². The van der Waals surface area contributed by atoms with Gasteiger partial charge in [-0.3, -0.25) is 4.79 Å². The van der Waals surface area contributed by atoms with Gasteiger partial charge in [0.15, 0.2) is 11.5 Å². The number of rotatable bonds is 5. The number of halogens is 3. The van der Waals surface area contributed by atoms with E-state index >= 15 is 0 Å². The summed E-state index contributed by atoms with van der Waals surface area (Å²) < 4.78 is 44.4. The molecule has 0 spiro atoms. The third-order valence-electron chi connectivity index (χ3n) is 6.99. The summed E-state index contributed by atoms with van der Waals surface area (Å²) in [5, 5.41) is 20.2. The van der Waals surface area contributed by atoms with Crippen LogP contribution in [0.5, 0.6) is 5.75 Å². The highest BCUT2D eigenvalue weighted by Crippen LogP contribution is 2.46. The minimum Gasteiger partial charge on any atom is -0.507 e. The Morgan fingerprint density at radius 2 is 1.95 bits per heavy atom. The van der Waals surface area contributed by atoms with Gasteiger partial charge in [-0.25, -0.2) is 33.1 Å². The van der Waals surface area contributed by atoms with Crippen LogP contribution in [0.3, 0.4) is 0 Å². The number of amides is 1. The molecule has 40 heavy (non-hydrogen) atoms. The van der Waals surface area contributed by atoms with Crippen molar-refractivity contribution in [2.75, 3.05) is 11.1 Å². The van der Waals surface area contributed by atoms with Crippen LogP contribution in [0.4, 0.5) is 24.8 Å². The number of carbonyl (C=O) groups is 1. The maximum absolute atomic E-state index is 14.6. The highest BCUT2D eigenvalue weighted by atomic mass is 19.1. The molecule has 1 aliphatic heterocycles. The summed E-state index contributed by atoms with van der Waals surface area (Å²) in [6.07, 6.45) is 5.33. The lowest BCUT2D eigenvalue weighted by Gasteiger charge is -2.24. The summed E-state index contributed by atoms with van der Waals surface area (Å²) >= 11 is 0. The Kier molecular flexibility index (Phi) is 5.54. The maximum atomic E-state index is 14.6. The number of aromatic hydroxyl groups is 1. The van der Waals surface area contributed by atoms with Crippen molar-refractivity contribution in [2.24, 2.45) is 0 Å². The number of imidazole rings is 1. The van der Waals surface area contributed by atoms with Crippen LogP contribution in [0.25, 0.3) is 17.2 Å². The van der Waals surface area contributed by atoms with Crippen LogP contribution in [0.1, 0.15) is 34.9 Å². The summed E-state index contributed by atoms with van der Waals surface area (Å²) in [5.41, 5.74) is 5.75. The number of aromatic nitrogens is 5. The quantitative estimate of drug-likeness (QED) is 0.246. The van der Waals surface area contributed by atoms with Crippen LogP contribution in [-0.2, 0) is 16.6 Å². The summed E-state index contributed by atoms with van der Waals surface area (Å²) in [6, 6.07) is 5.38. The lowest BCUT2D eigenvalue weighted by atomic mass is 9.77. The van der Waals surface area contributed by atoms with Crippen molar-refractivity contribution in [2.45, 2.75) is 18.8 Å². The average Bonchev–Trinajstić information content (AvgIpc) is 3.49. The van der Waals surface area contributed by atoms with Gasteiger partial charge in [-0.2, -0.15) is 0 Å². The second-order valence-corrected chi connectivity index (χ2v) is 9.41. The van der Waals surface area contributed by atoms with E-state index in [0.717, 1.165) is 24.3 Å². The zero-order valence-electron chi connectivity index (χ0n) is 20.7. The van der Waals surface area contributed by atoms with Crippen molar-refractivity contribution in [1.29, 1.82) is 5.41 Å². The Balaban J connectivity index is 1.47. The van der Waals surface area contributed by atoms with E-state index in [9.17, 15) is 23.1 Å². The van der Waals surface area contributed by atoms with E-state index in [1.807, 2.05) is 0 Å². The molecule has 0 saturated heterocycles. The Labute approximate surface area is 223 Å². The van der Waals surface area contributed by atoms with Crippen LogP contribution in [0.15, 0.2) is 48.9 Å². The highest BCUT2D eigenvalue weighted by molar-refractivity contribution is 6.09. The monoisotopic (exact) mass is 544 g/mol. The molecule has 6 rings (SSSR count). The van der Waals surface area contributed by atoms with Crippen molar-refractivity contribution in [3.63, 3.8) is 0 Å². The molecule has 0 radical (unpaired) electrons. The first-order chi connectivity index (χ1) is 19.1. The number of nitrogens with one attached hydrogen (secondary N) is 2. The SMILES string of the molecule is CC1(c2cc(O)c(C=N)c(F)c2)C(=O)Nc2nc(-c3cn4ccnc4c(Cc4cc(F)ccc4F)n3)nc(N)c21. The molecule has 0 aliphatic carbocycles. The normalized spacial score (nSPS) is 16.2. The molecule has 2 aromatic carbocycles. The van der Waals surface area contributed by atoms with Gasteiger partial charge in [0.2, 0.25) is 5.91 Å². The van der Waals surface area contributed by atoms with E-state index in [1.54, 1.807) is 16.8 Å². The van der Waals surface area contributed by atoms with Crippen molar-refractivity contribution in [3.05, 3.63) is 94.3 Å². The largest absolute Gasteiger partial charge is 0.507 e. The molecule has 200 valence electrons. The zero-order valence-corrected chi connectivity index (χ0v) is 20.7. The molecular formula is C27H19F3N8O2. The number of hydrogen-bond donors (Lipinski definition) is 4. The van der Waals surface area contributed by atoms with Crippen molar-refractivity contribution in [3.8, 4) is 17.3 Å². The first kappa shape index (κ1) is 25.0. The van der Waals surface area contributed by atoms with Gasteiger partial charge in [-0.15, -0.1) is 0 Å². The lowest BCUT2D eigenvalue weighted by Crippen LogP contribution is -2.33. The number of hydrogen-bond acceptors (Lipinski definition) is 8. The molecule has 0 bridgehead atoms. The lowest BCUT2D eigenvalue weighted by molar-refractivity contribution is -0.119. The van der Waals surface area contributed by atoms with Crippen molar-refractivity contribution in [1.82, 2.24) is 24.3 Å². The predicted octanol–water partition coefficient (Wildman–Crippen LogP) is 3.74. The number of phenols is 1. The van der Waals surface area contributed by atoms with E-state index in [0.29, 0.717) is 17.6 Å². The molecule has 1 unspecified atom stereocenters. The summed E-state index contributed by atoms with van der Waals surface area (Å²) in [4.78, 5) is 30.9. The Morgan fingerprint density at radius 1 is 1.15 bits per heavy atom. The molecule has 10 nitrogen and oxygen atoms in total. The van der Waals surface area contributed by atoms with Gasteiger partial charge in [0.25, 0.3) is 0 Å². The van der Waals surface area contributed by atoms with Crippen LogP contribution in [0.2, 0.25) is 0 Å². The number of nitrogens with two attached hydrogens (primary N) is 1. The first-order valence-electron chi connectivity index (χ1n) is 11.9. The number of carbonyl (C=O) groups excluding carboxylic acids is 1. The second-order valence-electron chi connectivity index (χ2n) is 9.41. The molecule has 5 N–H and O–H groups in total. The van der Waals surface area contributed by atoms with E-state index in [2.05, 4.69) is 25.3 Å². The Morgan fingerprint density at radius 3 is 2.70 bits per heavy atom. The van der Waals surface area contributed by atoms with Crippen molar-refractivity contribution < 1.29 is 23.1 Å². The van der Waals surface area contributed by atoms with E-state index in [1.165, 1.54) is 19.2 Å².